The van der Waals surface area contributed by atoms with Crippen LogP contribution >= 0.6 is 0 Å². The molecule has 4 nitrogen and oxygen atoms in total. The van der Waals surface area contributed by atoms with Gasteiger partial charge in [-0.1, -0.05) is 26.0 Å². The van der Waals surface area contributed by atoms with Crippen molar-refractivity contribution in [2.75, 3.05) is 13.1 Å². The lowest BCUT2D eigenvalue weighted by molar-refractivity contribution is 0.551. The third-order valence-electron chi connectivity index (χ3n) is 3.52. The summed E-state index contributed by atoms with van der Waals surface area (Å²) in [7, 11) is -3.39. The highest BCUT2D eigenvalue weighted by Gasteiger charge is 2.19. The molecular formula is C14H22N2O2S. The maximum Gasteiger partial charge on any atom is 0.240 e. The summed E-state index contributed by atoms with van der Waals surface area (Å²) in [5.41, 5.74) is 1.04. The topological polar surface area (TPSA) is 58.2 Å². The van der Waals surface area contributed by atoms with Crippen LogP contribution in [0.5, 0.6) is 0 Å². The smallest absolute Gasteiger partial charge is 0.240 e. The van der Waals surface area contributed by atoms with Gasteiger partial charge < -0.3 is 5.32 Å². The Balaban J connectivity index is 2.07. The van der Waals surface area contributed by atoms with Crippen LogP contribution in [0.3, 0.4) is 0 Å². The Bertz CT molecular complexity index is 520. The fourth-order valence-electron chi connectivity index (χ4n) is 2.27. The Morgan fingerprint density at radius 1 is 1.42 bits per heavy atom. The first-order valence-corrected chi connectivity index (χ1v) is 8.30. The summed E-state index contributed by atoms with van der Waals surface area (Å²) in [6.07, 6.45) is 2.16. The van der Waals surface area contributed by atoms with Gasteiger partial charge in [0.05, 0.1) is 4.90 Å². The zero-order valence-corrected chi connectivity index (χ0v) is 12.3. The molecule has 2 N–H and O–H groups in total. The van der Waals surface area contributed by atoms with E-state index >= 15 is 0 Å². The summed E-state index contributed by atoms with van der Waals surface area (Å²) < 4.78 is 27.1. The molecule has 0 aliphatic carbocycles. The number of rotatable bonds is 5. The molecule has 19 heavy (non-hydrogen) atoms. The van der Waals surface area contributed by atoms with Crippen molar-refractivity contribution < 1.29 is 8.42 Å². The molecule has 1 heterocycles. The first kappa shape index (κ1) is 14.5. The molecule has 1 aromatic carbocycles. The summed E-state index contributed by atoms with van der Waals surface area (Å²) in [6.45, 7) is 5.56. The predicted octanol–water partition coefficient (Wildman–Crippen LogP) is 1.84. The van der Waals surface area contributed by atoms with E-state index in [1.165, 1.54) is 0 Å². The molecule has 1 fully saturated rings. The minimum atomic E-state index is -3.39. The molecule has 1 aliphatic rings. The average Bonchev–Trinajstić information content (AvgIpc) is 2.90. The van der Waals surface area contributed by atoms with E-state index in [2.05, 4.69) is 23.9 Å². The van der Waals surface area contributed by atoms with Gasteiger partial charge in [-0.3, -0.25) is 0 Å². The van der Waals surface area contributed by atoms with Gasteiger partial charge in [-0.05, 0) is 43.0 Å². The van der Waals surface area contributed by atoms with E-state index in [0.717, 1.165) is 24.9 Å². The van der Waals surface area contributed by atoms with E-state index < -0.39 is 10.0 Å². The molecule has 0 saturated carbocycles. The molecule has 1 saturated heterocycles. The van der Waals surface area contributed by atoms with Gasteiger partial charge in [0.25, 0.3) is 0 Å². The standard InChI is InChI=1S/C14H22N2O2S/c1-11(2)12-5-3-7-14(9-12)19(17,18)16-10-13-6-4-8-15-13/h3,5,7,9,11,13,15-16H,4,6,8,10H2,1-2H3. The summed E-state index contributed by atoms with van der Waals surface area (Å²) in [5, 5.41) is 3.28. The Hall–Kier alpha value is -0.910. The van der Waals surface area contributed by atoms with Crippen molar-refractivity contribution in [3.05, 3.63) is 29.8 Å². The second kappa shape index (κ2) is 6.03. The molecular weight excluding hydrogens is 260 g/mol. The number of sulfonamides is 1. The van der Waals surface area contributed by atoms with Crippen molar-refractivity contribution in [2.24, 2.45) is 0 Å². The minimum Gasteiger partial charge on any atom is -0.313 e. The van der Waals surface area contributed by atoms with Crippen LogP contribution in [-0.4, -0.2) is 27.5 Å². The summed E-state index contributed by atoms with van der Waals surface area (Å²) in [5.74, 6) is 0.326. The molecule has 106 valence electrons. The fourth-order valence-corrected chi connectivity index (χ4v) is 3.40. The number of hydrogen-bond acceptors (Lipinski definition) is 3. The molecule has 0 amide bonds. The maximum absolute atomic E-state index is 12.2. The third kappa shape index (κ3) is 3.78. The Morgan fingerprint density at radius 3 is 2.84 bits per heavy atom. The molecule has 0 radical (unpaired) electrons. The zero-order chi connectivity index (χ0) is 13.9. The van der Waals surface area contributed by atoms with Crippen LogP contribution in [0.1, 0.15) is 38.2 Å². The summed E-state index contributed by atoms with van der Waals surface area (Å²) in [6, 6.07) is 7.44. The van der Waals surface area contributed by atoms with Crippen molar-refractivity contribution >= 4 is 10.0 Å². The van der Waals surface area contributed by atoms with Gasteiger partial charge >= 0.3 is 0 Å². The lowest BCUT2D eigenvalue weighted by Gasteiger charge is -2.13. The van der Waals surface area contributed by atoms with Crippen molar-refractivity contribution in [1.82, 2.24) is 10.0 Å². The van der Waals surface area contributed by atoms with Gasteiger partial charge in [0.1, 0.15) is 0 Å². The molecule has 2 rings (SSSR count). The van der Waals surface area contributed by atoms with Gasteiger partial charge in [0, 0.05) is 12.6 Å². The molecule has 5 heteroatoms. The number of hydrogen-bond donors (Lipinski definition) is 2. The van der Waals surface area contributed by atoms with Crippen LogP contribution in [0, 0.1) is 0 Å². The van der Waals surface area contributed by atoms with Crippen molar-refractivity contribution in [3.63, 3.8) is 0 Å². The van der Waals surface area contributed by atoms with Crippen LogP contribution in [0.15, 0.2) is 29.2 Å². The first-order chi connectivity index (χ1) is 8.99. The summed E-state index contributed by atoms with van der Waals surface area (Å²) >= 11 is 0. The van der Waals surface area contributed by atoms with Gasteiger partial charge in [-0.2, -0.15) is 0 Å². The lowest BCUT2D eigenvalue weighted by Crippen LogP contribution is -2.37. The van der Waals surface area contributed by atoms with Gasteiger partial charge in [0.2, 0.25) is 10.0 Å². The van der Waals surface area contributed by atoms with E-state index in [1.807, 2.05) is 6.07 Å². The normalized spacial score (nSPS) is 20.1. The molecule has 1 atom stereocenters. The van der Waals surface area contributed by atoms with Crippen LogP contribution in [0.2, 0.25) is 0 Å². The van der Waals surface area contributed by atoms with E-state index in [0.29, 0.717) is 17.4 Å². The molecule has 0 aromatic heterocycles. The van der Waals surface area contributed by atoms with Gasteiger partial charge in [-0.15, -0.1) is 0 Å². The van der Waals surface area contributed by atoms with Crippen molar-refractivity contribution in [2.45, 2.75) is 43.5 Å². The monoisotopic (exact) mass is 282 g/mol. The van der Waals surface area contributed by atoms with E-state index in [1.54, 1.807) is 18.2 Å². The van der Waals surface area contributed by atoms with Crippen molar-refractivity contribution in [1.29, 1.82) is 0 Å². The molecule has 1 unspecified atom stereocenters. The average molecular weight is 282 g/mol. The molecule has 1 aromatic rings. The summed E-state index contributed by atoms with van der Waals surface area (Å²) in [4.78, 5) is 0.358. The van der Waals surface area contributed by atoms with Crippen molar-refractivity contribution in [3.8, 4) is 0 Å². The first-order valence-electron chi connectivity index (χ1n) is 6.82. The van der Waals surface area contributed by atoms with Crippen LogP contribution in [-0.2, 0) is 10.0 Å². The van der Waals surface area contributed by atoms with E-state index in [4.69, 9.17) is 0 Å². The van der Waals surface area contributed by atoms with Crippen LogP contribution in [0.25, 0.3) is 0 Å². The van der Waals surface area contributed by atoms with Gasteiger partial charge in [0.15, 0.2) is 0 Å². The minimum absolute atomic E-state index is 0.267. The van der Waals surface area contributed by atoms with E-state index in [9.17, 15) is 8.42 Å². The second-order valence-corrected chi connectivity index (χ2v) is 7.14. The zero-order valence-electron chi connectivity index (χ0n) is 11.5. The highest BCUT2D eigenvalue weighted by molar-refractivity contribution is 7.89. The largest absolute Gasteiger partial charge is 0.313 e. The van der Waals surface area contributed by atoms with E-state index in [-0.39, 0.29) is 6.04 Å². The highest BCUT2D eigenvalue weighted by Crippen LogP contribution is 2.18. The van der Waals surface area contributed by atoms with Crippen LogP contribution in [0.4, 0.5) is 0 Å². The second-order valence-electron chi connectivity index (χ2n) is 5.37. The quantitative estimate of drug-likeness (QED) is 0.866. The fraction of sp³-hybridized carbons (Fsp3) is 0.571. The lowest BCUT2D eigenvalue weighted by atomic mass is 10.0. The molecule has 0 bridgehead atoms. The third-order valence-corrected chi connectivity index (χ3v) is 4.94. The number of nitrogens with one attached hydrogen (secondary N) is 2. The number of benzene rings is 1. The Morgan fingerprint density at radius 2 is 2.21 bits per heavy atom. The SMILES string of the molecule is CC(C)c1cccc(S(=O)(=O)NCC2CCCN2)c1. The molecule has 1 aliphatic heterocycles. The molecule has 0 spiro atoms. The highest BCUT2D eigenvalue weighted by atomic mass is 32.2. The maximum atomic E-state index is 12.2. The Kier molecular flexibility index (Phi) is 4.60. The predicted molar refractivity (Wildman–Crippen MR) is 76.7 cm³/mol. The van der Waals surface area contributed by atoms with Gasteiger partial charge in [-0.25, -0.2) is 13.1 Å². The Labute approximate surface area is 115 Å². The van der Waals surface area contributed by atoms with Crippen LogP contribution < -0.4 is 10.0 Å².